The van der Waals surface area contributed by atoms with Crippen molar-refractivity contribution in [1.29, 1.82) is 0 Å². The molecule has 0 radical (unpaired) electrons. The normalized spacial score (nSPS) is 40.9. The van der Waals surface area contributed by atoms with Crippen LogP contribution in [0.4, 0.5) is 0 Å². The first-order valence-corrected chi connectivity index (χ1v) is 7.13. The molecule has 0 bridgehead atoms. The van der Waals surface area contributed by atoms with Crippen LogP contribution >= 0.6 is 0 Å². The minimum Gasteiger partial charge on any atom is -0.393 e. The van der Waals surface area contributed by atoms with E-state index in [1.807, 2.05) is 0 Å². The predicted octanol–water partition coefficient (Wildman–Crippen LogP) is 2.87. The van der Waals surface area contributed by atoms with E-state index in [0.717, 1.165) is 25.7 Å². The van der Waals surface area contributed by atoms with Gasteiger partial charge in [0.05, 0.1) is 12.2 Å². The molecule has 2 saturated carbocycles. The van der Waals surface area contributed by atoms with Crippen LogP contribution in [-0.2, 0) is 0 Å². The highest BCUT2D eigenvalue weighted by Gasteiger charge is 2.27. The van der Waals surface area contributed by atoms with Crippen molar-refractivity contribution in [2.45, 2.75) is 76.4 Å². The molecule has 4 atom stereocenters. The molecule has 2 rings (SSSR count). The standard InChI is InChI=1S/C14H26O2/c15-13-7-3-1-5-11(13)9-10-12-6-2-4-8-14(12)16/h11-16H,1-10H2. The lowest BCUT2D eigenvalue weighted by atomic mass is 9.78. The van der Waals surface area contributed by atoms with E-state index in [4.69, 9.17) is 0 Å². The zero-order chi connectivity index (χ0) is 11.4. The number of aliphatic hydroxyl groups is 2. The first-order chi connectivity index (χ1) is 7.77. The van der Waals surface area contributed by atoms with Gasteiger partial charge in [-0.2, -0.15) is 0 Å². The van der Waals surface area contributed by atoms with Gasteiger partial charge in [-0.25, -0.2) is 0 Å². The van der Waals surface area contributed by atoms with Crippen LogP contribution < -0.4 is 0 Å². The van der Waals surface area contributed by atoms with Crippen molar-refractivity contribution in [1.82, 2.24) is 0 Å². The van der Waals surface area contributed by atoms with E-state index >= 15 is 0 Å². The molecule has 0 aliphatic heterocycles. The lowest BCUT2D eigenvalue weighted by Crippen LogP contribution is -2.28. The fraction of sp³-hybridized carbons (Fsp3) is 1.00. The summed E-state index contributed by atoms with van der Waals surface area (Å²) in [5.74, 6) is 1.03. The molecular weight excluding hydrogens is 200 g/mol. The zero-order valence-corrected chi connectivity index (χ0v) is 10.3. The topological polar surface area (TPSA) is 40.5 Å². The SMILES string of the molecule is OC1CCCCC1CCC1CCCCC1O. The highest BCUT2D eigenvalue weighted by atomic mass is 16.3. The van der Waals surface area contributed by atoms with Crippen LogP contribution in [0.3, 0.4) is 0 Å². The van der Waals surface area contributed by atoms with Crippen LogP contribution in [-0.4, -0.2) is 22.4 Å². The van der Waals surface area contributed by atoms with Gasteiger partial charge < -0.3 is 10.2 Å². The van der Waals surface area contributed by atoms with Crippen LogP contribution in [0, 0.1) is 11.8 Å². The molecule has 0 heterocycles. The van der Waals surface area contributed by atoms with Gasteiger partial charge in [0.15, 0.2) is 0 Å². The lowest BCUT2D eigenvalue weighted by molar-refractivity contribution is 0.0371. The maximum Gasteiger partial charge on any atom is 0.0568 e. The summed E-state index contributed by atoms with van der Waals surface area (Å²) in [6.07, 6.45) is 11.5. The van der Waals surface area contributed by atoms with Gasteiger partial charge >= 0.3 is 0 Å². The summed E-state index contributed by atoms with van der Waals surface area (Å²) in [6.45, 7) is 0. The van der Waals surface area contributed by atoms with E-state index in [1.54, 1.807) is 0 Å². The Labute approximate surface area is 99.1 Å². The van der Waals surface area contributed by atoms with Gasteiger partial charge in [-0.3, -0.25) is 0 Å². The van der Waals surface area contributed by atoms with Crippen LogP contribution in [0.15, 0.2) is 0 Å². The third-order valence-corrected chi connectivity index (χ3v) is 4.65. The number of hydrogen-bond donors (Lipinski definition) is 2. The molecular formula is C14H26O2. The van der Waals surface area contributed by atoms with Gasteiger partial charge in [0.2, 0.25) is 0 Å². The van der Waals surface area contributed by atoms with E-state index in [1.165, 1.54) is 38.5 Å². The van der Waals surface area contributed by atoms with Crippen molar-refractivity contribution in [2.75, 3.05) is 0 Å². The van der Waals surface area contributed by atoms with E-state index in [0.29, 0.717) is 11.8 Å². The summed E-state index contributed by atoms with van der Waals surface area (Å²) in [7, 11) is 0. The summed E-state index contributed by atoms with van der Waals surface area (Å²) in [4.78, 5) is 0. The molecule has 0 saturated heterocycles. The van der Waals surface area contributed by atoms with Crippen molar-refractivity contribution in [3.05, 3.63) is 0 Å². The number of hydrogen-bond acceptors (Lipinski definition) is 2. The maximum absolute atomic E-state index is 9.90. The molecule has 0 aromatic carbocycles. The molecule has 2 heteroatoms. The Balaban J connectivity index is 1.72. The Bertz CT molecular complexity index is 183. The molecule has 94 valence electrons. The molecule has 2 nitrogen and oxygen atoms in total. The fourth-order valence-corrected chi connectivity index (χ4v) is 3.48. The molecule has 2 aliphatic rings. The molecule has 2 fully saturated rings. The largest absolute Gasteiger partial charge is 0.393 e. The van der Waals surface area contributed by atoms with E-state index in [9.17, 15) is 10.2 Å². The summed E-state index contributed by atoms with van der Waals surface area (Å²) >= 11 is 0. The number of rotatable bonds is 3. The van der Waals surface area contributed by atoms with E-state index in [-0.39, 0.29) is 12.2 Å². The van der Waals surface area contributed by atoms with Gasteiger partial charge in [0.25, 0.3) is 0 Å². The van der Waals surface area contributed by atoms with Crippen molar-refractivity contribution in [3.63, 3.8) is 0 Å². The summed E-state index contributed by atoms with van der Waals surface area (Å²) in [5, 5.41) is 19.8. The minimum absolute atomic E-state index is 0.0607. The molecule has 0 aromatic rings. The van der Waals surface area contributed by atoms with Crippen LogP contribution in [0.2, 0.25) is 0 Å². The van der Waals surface area contributed by atoms with Crippen molar-refractivity contribution >= 4 is 0 Å². The maximum atomic E-state index is 9.90. The van der Waals surface area contributed by atoms with Crippen LogP contribution in [0.5, 0.6) is 0 Å². The lowest BCUT2D eigenvalue weighted by Gasteiger charge is -2.32. The first kappa shape index (κ1) is 12.4. The highest BCUT2D eigenvalue weighted by molar-refractivity contribution is 4.79. The molecule has 4 unspecified atom stereocenters. The van der Waals surface area contributed by atoms with E-state index in [2.05, 4.69) is 0 Å². The van der Waals surface area contributed by atoms with Gasteiger partial charge in [-0.15, -0.1) is 0 Å². The fourth-order valence-electron chi connectivity index (χ4n) is 3.48. The summed E-state index contributed by atoms with van der Waals surface area (Å²) in [6, 6.07) is 0. The predicted molar refractivity (Wildman–Crippen MR) is 65.2 cm³/mol. The van der Waals surface area contributed by atoms with Gasteiger partial charge in [-0.05, 0) is 50.4 Å². The Kier molecular flexibility index (Phi) is 4.66. The smallest absolute Gasteiger partial charge is 0.0568 e. The third-order valence-electron chi connectivity index (χ3n) is 4.65. The second kappa shape index (κ2) is 6.02. The van der Waals surface area contributed by atoms with Gasteiger partial charge in [-0.1, -0.05) is 25.7 Å². The quantitative estimate of drug-likeness (QED) is 0.777. The minimum atomic E-state index is -0.0607. The summed E-state index contributed by atoms with van der Waals surface area (Å²) < 4.78 is 0. The Morgan fingerprint density at radius 2 is 1.00 bits per heavy atom. The third kappa shape index (κ3) is 3.21. The molecule has 0 aromatic heterocycles. The van der Waals surface area contributed by atoms with Crippen molar-refractivity contribution in [2.24, 2.45) is 11.8 Å². The van der Waals surface area contributed by atoms with Crippen molar-refractivity contribution < 1.29 is 10.2 Å². The molecule has 2 N–H and O–H groups in total. The van der Waals surface area contributed by atoms with Crippen LogP contribution in [0.1, 0.15) is 64.2 Å². The Morgan fingerprint density at radius 1 is 0.625 bits per heavy atom. The Morgan fingerprint density at radius 3 is 1.38 bits per heavy atom. The molecule has 0 spiro atoms. The van der Waals surface area contributed by atoms with Gasteiger partial charge in [0, 0.05) is 0 Å². The summed E-state index contributed by atoms with van der Waals surface area (Å²) in [5.41, 5.74) is 0. The van der Waals surface area contributed by atoms with E-state index < -0.39 is 0 Å². The average molecular weight is 226 g/mol. The Hall–Kier alpha value is -0.0800. The second-order valence-corrected chi connectivity index (χ2v) is 5.80. The second-order valence-electron chi connectivity index (χ2n) is 5.80. The molecule has 2 aliphatic carbocycles. The molecule has 16 heavy (non-hydrogen) atoms. The number of aliphatic hydroxyl groups excluding tert-OH is 2. The van der Waals surface area contributed by atoms with Crippen LogP contribution in [0.25, 0.3) is 0 Å². The van der Waals surface area contributed by atoms with Crippen molar-refractivity contribution in [3.8, 4) is 0 Å². The zero-order valence-electron chi connectivity index (χ0n) is 10.3. The highest BCUT2D eigenvalue weighted by Crippen LogP contribution is 2.33. The first-order valence-electron chi connectivity index (χ1n) is 7.13. The monoisotopic (exact) mass is 226 g/mol. The average Bonchev–Trinajstić information content (AvgIpc) is 2.30. The van der Waals surface area contributed by atoms with Gasteiger partial charge in [0.1, 0.15) is 0 Å². The molecule has 0 amide bonds.